The van der Waals surface area contributed by atoms with Crippen LogP contribution in [0.5, 0.6) is 0 Å². The Bertz CT molecular complexity index is 352. The van der Waals surface area contributed by atoms with E-state index in [0.29, 0.717) is 5.95 Å². The van der Waals surface area contributed by atoms with E-state index in [-0.39, 0.29) is 11.3 Å². The second kappa shape index (κ2) is 3.98. The zero-order valence-electron chi connectivity index (χ0n) is 9.48. The highest BCUT2D eigenvalue weighted by atomic mass is 16.2. The summed E-state index contributed by atoms with van der Waals surface area (Å²) in [6.45, 7) is 5.73. The van der Waals surface area contributed by atoms with Crippen LogP contribution in [0.3, 0.4) is 0 Å². The summed E-state index contributed by atoms with van der Waals surface area (Å²) in [7, 11) is 1.70. The summed E-state index contributed by atoms with van der Waals surface area (Å²) in [6.07, 6.45) is 1.37. The van der Waals surface area contributed by atoms with Crippen LogP contribution in [0.15, 0.2) is 6.33 Å². The van der Waals surface area contributed by atoms with E-state index in [9.17, 15) is 4.79 Å². The van der Waals surface area contributed by atoms with Gasteiger partial charge >= 0.3 is 0 Å². The summed E-state index contributed by atoms with van der Waals surface area (Å²) < 4.78 is 1.48. The lowest BCUT2D eigenvalue weighted by Gasteiger charge is -2.25. The molecule has 84 valence electrons. The minimum Gasteiger partial charge on any atom is -0.319 e. The van der Waals surface area contributed by atoms with Crippen molar-refractivity contribution in [3.8, 4) is 0 Å². The van der Waals surface area contributed by atoms with Crippen molar-refractivity contribution >= 4 is 11.9 Å². The molecule has 0 aliphatic rings. The number of carbonyl (C=O) groups excluding carboxylic acids is 1. The van der Waals surface area contributed by atoms with Crippen LogP contribution in [0, 0.1) is 5.41 Å². The molecular weight excluding hydrogens is 194 g/mol. The lowest BCUT2D eigenvalue weighted by atomic mass is 9.87. The number of carbonyl (C=O) groups is 1. The van der Waals surface area contributed by atoms with Crippen LogP contribution in [0.1, 0.15) is 20.8 Å². The molecule has 0 fully saturated rings. The van der Waals surface area contributed by atoms with E-state index in [1.165, 1.54) is 11.0 Å². The van der Waals surface area contributed by atoms with Crippen molar-refractivity contribution in [2.75, 3.05) is 5.32 Å². The first-order valence-corrected chi connectivity index (χ1v) is 4.73. The number of nitrogens with zero attached hydrogens (tertiary/aromatic N) is 3. The van der Waals surface area contributed by atoms with Gasteiger partial charge in [0.05, 0.1) is 6.04 Å². The van der Waals surface area contributed by atoms with Crippen LogP contribution in [-0.2, 0) is 11.8 Å². The van der Waals surface area contributed by atoms with Crippen LogP contribution in [0.25, 0.3) is 0 Å². The van der Waals surface area contributed by atoms with Gasteiger partial charge in [0, 0.05) is 7.05 Å². The monoisotopic (exact) mass is 211 g/mol. The topological polar surface area (TPSA) is 85.8 Å². The molecule has 0 aliphatic carbocycles. The Labute approximate surface area is 88.9 Å². The van der Waals surface area contributed by atoms with Crippen LogP contribution in [-0.4, -0.2) is 26.7 Å². The number of nitrogens with two attached hydrogens (primary N) is 1. The molecule has 15 heavy (non-hydrogen) atoms. The molecule has 0 aromatic carbocycles. The number of aryl methyl sites for hydroxylation is 1. The number of anilines is 1. The van der Waals surface area contributed by atoms with Crippen molar-refractivity contribution in [3.05, 3.63) is 6.33 Å². The predicted molar refractivity (Wildman–Crippen MR) is 57.1 cm³/mol. The van der Waals surface area contributed by atoms with Gasteiger partial charge < -0.3 is 5.73 Å². The smallest absolute Gasteiger partial charge is 0.244 e. The quantitative estimate of drug-likeness (QED) is 0.728. The Morgan fingerprint density at radius 3 is 2.60 bits per heavy atom. The number of rotatable bonds is 2. The molecule has 6 heteroatoms. The summed E-state index contributed by atoms with van der Waals surface area (Å²) in [5, 5.41) is 6.46. The number of aromatic nitrogens is 3. The highest BCUT2D eigenvalue weighted by Crippen LogP contribution is 2.18. The van der Waals surface area contributed by atoms with Gasteiger partial charge in [-0.2, -0.15) is 10.1 Å². The van der Waals surface area contributed by atoms with Gasteiger partial charge in [-0.05, 0) is 5.41 Å². The molecule has 6 nitrogen and oxygen atoms in total. The lowest BCUT2D eigenvalue weighted by Crippen LogP contribution is -2.45. The first-order chi connectivity index (χ1) is 6.82. The molecule has 0 aliphatic heterocycles. The molecular formula is C9H17N5O. The molecule has 1 aromatic heterocycles. The normalized spacial score (nSPS) is 13.7. The zero-order valence-corrected chi connectivity index (χ0v) is 9.48. The average Bonchev–Trinajstić information content (AvgIpc) is 2.49. The summed E-state index contributed by atoms with van der Waals surface area (Å²) in [4.78, 5) is 15.6. The molecule has 0 bridgehead atoms. The van der Waals surface area contributed by atoms with E-state index < -0.39 is 6.04 Å². The molecule has 0 radical (unpaired) electrons. The van der Waals surface area contributed by atoms with Crippen molar-refractivity contribution < 1.29 is 4.79 Å². The number of amides is 1. The maximum absolute atomic E-state index is 11.7. The molecule has 0 saturated carbocycles. The third-order valence-electron chi connectivity index (χ3n) is 2.16. The molecule has 1 unspecified atom stereocenters. The lowest BCUT2D eigenvalue weighted by molar-refractivity contribution is -0.119. The fraction of sp³-hybridized carbons (Fsp3) is 0.667. The SMILES string of the molecule is Cn1ncnc1NC(=O)C(N)C(C)(C)C. The Kier molecular flexibility index (Phi) is 3.09. The third kappa shape index (κ3) is 2.76. The standard InChI is InChI=1S/C9H17N5O/c1-9(2,3)6(10)7(15)13-8-11-5-12-14(8)4/h5-6H,10H2,1-4H3,(H,11,12,13,15). The zero-order chi connectivity index (χ0) is 11.6. The van der Waals surface area contributed by atoms with Gasteiger partial charge in [0.15, 0.2) is 0 Å². The number of hydrogen-bond donors (Lipinski definition) is 2. The molecule has 0 saturated heterocycles. The molecule has 3 N–H and O–H groups in total. The van der Waals surface area contributed by atoms with E-state index in [4.69, 9.17) is 5.73 Å². The van der Waals surface area contributed by atoms with Crippen LogP contribution in [0.2, 0.25) is 0 Å². The largest absolute Gasteiger partial charge is 0.319 e. The minimum atomic E-state index is -0.575. The average molecular weight is 211 g/mol. The van der Waals surface area contributed by atoms with Gasteiger partial charge in [-0.25, -0.2) is 4.68 Å². The molecule has 1 heterocycles. The minimum absolute atomic E-state index is 0.251. The number of nitrogens with one attached hydrogen (secondary N) is 1. The summed E-state index contributed by atoms with van der Waals surface area (Å²) in [6, 6.07) is -0.575. The van der Waals surface area contributed by atoms with E-state index in [2.05, 4.69) is 15.4 Å². The van der Waals surface area contributed by atoms with Crippen LogP contribution < -0.4 is 11.1 Å². The van der Waals surface area contributed by atoms with Crippen molar-refractivity contribution in [2.45, 2.75) is 26.8 Å². The Morgan fingerprint density at radius 2 is 2.20 bits per heavy atom. The Morgan fingerprint density at radius 1 is 1.60 bits per heavy atom. The highest BCUT2D eigenvalue weighted by Gasteiger charge is 2.28. The van der Waals surface area contributed by atoms with Crippen molar-refractivity contribution in [3.63, 3.8) is 0 Å². The van der Waals surface area contributed by atoms with Gasteiger partial charge in [0.25, 0.3) is 0 Å². The number of hydrogen-bond acceptors (Lipinski definition) is 4. The Balaban J connectivity index is 2.69. The first-order valence-electron chi connectivity index (χ1n) is 4.73. The second-order valence-electron chi connectivity index (χ2n) is 4.54. The fourth-order valence-electron chi connectivity index (χ4n) is 0.991. The molecule has 1 atom stereocenters. The summed E-state index contributed by atoms with van der Waals surface area (Å²) in [5.41, 5.74) is 5.52. The van der Waals surface area contributed by atoms with E-state index in [1.807, 2.05) is 20.8 Å². The third-order valence-corrected chi connectivity index (χ3v) is 2.16. The Hall–Kier alpha value is -1.43. The predicted octanol–water partition coefficient (Wildman–Crippen LogP) is 0.127. The van der Waals surface area contributed by atoms with E-state index >= 15 is 0 Å². The fourth-order valence-corrected chi connectivity index (χ4v) is 0.991. The van der Waals surface area contributed by atoms with Crippen molar-refractivity contribution in [2.24, 2.45) is 18.2 Å². The van der Waals surface area contributed by atoms with Gasteiger partial charge in [-0.3, -0.25) is 10.1 Å². The van der Waals surface area contributed by atoms with Gasteiger partial charge in [-0.15, -0.1) is 0 Å². The van der Waals surface area contributed by atoms with Crippen LogP contribution in [0.4, 0.5) is 5.95 Å². The second-order valence-corrected chi connectivity index (χ2v) is 4.54. The summed E-state index contributed by atoms with van der Waals surface area (Å²) in [5.74, 6) is 0.151. The van der Waals surface area contributed by atoms with Crippen LogP contribution >= 0.6 is 0 Å². The van der Waals surface area contributed by atoms with Gasteiger partial charge in [0.1, 0.15) is 6.33 Å². The molecule has 0 spiro atoms. The van der Waals surface area contributed by atoms with E-state index in [1.54, 1.807) is 7.05 Å². The van der Waals surface area contributed by atoms with Gasteiger partial charge in [-0.1, -0.05) is 20.8 Å². The maximum Gasteiger partial charge on any atom is 0.244 e. The highest BCUT2D eigenvalue weighted by molar-refractivity contribution is 5.93. The summed E-state index contributed by atoms with van der Waals surface area (Å²) >= 11 is 0. The maximum atomic E-state index is 11.7. The molecule has 1 rings (SSSR count). The van der Waals surface area contributed by atoms with Gasteiger partial charge in [0.2, 0.25) is 11.9 Å². The van der Waals surface area contributed by atoms with Crippen molar-refractivity contribution in [1.29, 1.82) is 0 Å². The molecule has 1 aromatic rings. The van der Waals surface area contributed by atoms with E-state index in [0.717, 1.165) is 0 Å². The first kappa shape index (κ1) is 11.6. The molecule has 1 amide bonds. The van der Waals surface area contributed by atoms with Crippen molar-refractivity contribution in [1.82, 2.24) is 14.8 Å².